The van der Waals surface area contributed by atoms with E-state index in [0.29, 0.717) is 5.69 Å². The van der Waals surface area contributed by atoms with Gasteiger partial charge < -0.3 is 9.84 Å². The van der Waals surface area contributed by atoms with Crippen LogP contribution in [-0.4, -0.2) is 11.1 Å². The number of carbonyl (C=O) groups is 1. The van der Waals surface area contributed by atoms with E-state index in [1.54, 1.807) is 0 Å². The molecule has 4 nitrogen and oxygen atoms in total. The molecular weight excluding hydrogens is 312 g/mol. The number of carbonyl (C=O) groups excluding carboxylic acids is 1. The predicted octanol–water partition coefficient (Wildman–Crippen LogP) is 4.43. The fourth-order valence-corrected chi connectivity index (χ4v) is 3.14. The number of aryl methyl sites for hydroxylation is 3. The molecule has 0 spiro atoms. The molecule has 1 atom stereocenters. The van der Waals surface area contributed by atoms with Crippen molar-refractivity contribution in [2.45, 2.75) is 46.6 Å². The molecule has 0 aliphatic carbocycles. The van der Waals surface area contributed by atoms with Gasteiger partial charge in [0.05, 0.1) is 12.5 Å². The molecule has 0 aliphatic heterocycles. The Kier molecular flexibility index (Phi) is 4.88. The Morgan fingerprint density at radius 3 is 2.60 bits per heavy atom. The van der Waals surface area contributed by atoms with Crippen LogP contribution in [0.5, 0.6) is 0 Å². The quantitative estimate of drug-likeness (QED) is 0.750. The standard InChI is InChI=1S/C21H24N2O2/c1-5-16-6-8-17(9-7-16)15(4)22-20(24)12-19-18-11-13(2)10-14(3)21(18)25-23-19/h6-11,15H,5,12H2,1-4H3,(H,22,24). The van der Waals surface area contributed by atoms with Crippen LogP contribution in [-0.2, 0) is 17.6 Å². The third-order valence-electron chi connectivity index (χ3n) is 4.57. The lowest BCUT2D eigenvalue weighted by Crippen LogP contribution is -2.28. The van der Waals surface area contributed by atoms with Crippen LogP contribution >= 0.6 is 0 Å². The summed E-state index contributed by atoms with van der Waals surface area (Å²) >= 11 is 0. The third kappa shape index (κ3) is 3.73. The molecule has 0 saturated carbocycles. The zero-order valence-corrected chi connectivity index (χ0v) is 15.2. The molecule has 1 heterocycles. The topological polar surface area (TPSA) is 55.1 Å². The highest BCUT2D eigenvalue weighted by Crippen LogP contribution is 2.24. The summed E-state index contributed by atoms with van der Waals surface area (Å²) in [7, 11) is 0. The molecule has 130 valence electrons. The van der Waals surface area contributed by atoms with Crippen molar-refractivity contribution in [3.63, 3.8) is 0 Å². The van der Waals surface area contributed by atoms with Gasteiger partial charge in [-0.15, -0.1) is 0 Å². The maximum Gasteiger partial charge on any atom is 0.226 e. The molecule has 0 fully saturated rings. The smallest absolute Gasteiger partial charge is 0.226 e. The summed E-state index contributed by atoms with van der Waals surface area (Å²) in [5, 5.41) is 8.07. The van der Waals surface area contributed by atoms with E-state index < -0.39 is 0 Å². The molecule has 3 rings (SSSR count). The van der Waals surface area contributed by atoms with Gasteiger partial charge in [0, 0.05) is 5.39 Å². The van der Waals surface area contributed by atoms with E-state index >= 15 is 0 Å². The monoisotopic (exact) mass is 336 g/mol. The van der Waals surface area contributed by atoms with Crippen LogP contribution < -0.4 is 5.32 Å². The highest BCUT2D eigenvalue weighted by atomic mass is 16.5. The van der Waals surface area contributed by atoms with Crippen molar-refractivity contribution in [2.75, 3.05) is 0 Å². The molecule has 0 saturated heterocycles. The molecule has 1 aromatic heterocycles. The van der Waals surface area contributed by atoms with Gasteiger partial charge in [-0.2, -0.15) is 0 Å². The van der Waals surface area contributed by atoms with Crippen LogP contribution in [0.2, 0.25) is 0 Å². The zero-order chi connectivity index (χ0) is 18.0. The average Bonchev–Trinajstić information content (AvgIpc) is 2.97. The third-order valence-corrected chi connectivity index (χ3v) is 4.57. The van der Waals surface area contributed by atoms with Crippen LogP contribution in [0.1, 0.15) is 47.8 Å². The number of nitrogens with zero attached hydrogens (tertiary/aromatic N) is 1. The Morgan fingerprint density at radius 2 is 1.92 bits per heavy atom. The van der Waals surface area contributed by atoms with Crippen molar-refractivity contribution >= 4 is 16.9 Å². The summed E-state index contributed by atoms with van der Waals surface area (Å²) in [5.41, 5.74) is 6.02. The number of amides is 1. The highest BCUT2D eigenvalue weighted by Gasteiger charge is 2.16. The van der Waals surface area contributed by atoms with Crippen LogP contribution in [0.4, 0.5) is 0 Å². The van der Waals surface area contributed by atoms with E-state index in [0.717, 1.165) is 34.1 Å². The molecule has 3 aromatic rings. The number of hydrogen-bond acceptors (Lipinski definition) is 3. The van der Waals surface area contributed by atoms with Crippen molar-refractivity contribution in [1.82, 2.24) is 10.5 Å². The first kappa shape index (κ1) is 17.2. The second-order valence-corrected chi connectivity index (χ2v) is 6.65. The summed E-state index contributed by atoms with van der Waals surface area (Å²) in [4.78, 5) is 12.4. The van der Waals surface area contributed by atoms with Crippen molar-refractivity contribution in [1.29, 1.82) is 0 Å². The number of rotatable bonds is 5. The van der Waals surface area contributed by atoms with Gasteiger partial charge in [0.15, 0.2) is 5.58 Å². The Morgan fingerprint density at radius 1 is 1.20 bits per heavy atom. The molecule has 1 N–H and O–H groups in total. The Labute approximate surface area is 148 Å². The van der Waals surface area contributed by atoms with Crippen LogP contribution in [0.15, 0.2) is 40.9 Å². The Balaban J connectivity index is 1.72. The summed E-state index contributed by atoms with van der Waals surface area (Å²) in [6.07, 6.45) is 1.23. The van der Waals surface area contributed by atoms with Gasteiger partial charge in [-0.05, 0) is 55.5 Å². The van der Waals surface area contributed by atoms with Crippen molar-refractivity contribution in [3.8, 4) is 0 Å². The molecule has 1 unspecified atom stereocenters. The van der Waals surface area contributed by atoms with Crippen LogP contribution in [0.25, 0.3) is 11.0 Å². The molecule has 25 heavy (non-hydrogen) atoms. The number of fused-ring (bicyclic) bond motifs is 1. The second kappa shape index (κ2) is 7.09. The van der Waals surface area contributed by atoms with Gasteiger partial charge in [0.1, 0.15) is 5.69 Å². The first-order chi connectivity index (χ1) is 12.0. The van der Waals surface area contributed by atoms with Gasteiger partial charge in [0.2, 0.25) is 5.91 Å². The van der Waals surface area contributed by atoms with Crippen molar-refractivity contribution in [3.05, 3.63) is 64.3 Å². The predicted molar refractivity (Wildman–Crippen MR) is 99.6 cm³/mol. The zero-order valence-electron chi connectivity index (χ0n) is 15.2. The lowest BCUT2D eigenvalue weighted by atomic mass is 10.0. The Hall–Kier alpha value is -2.62. The molecule has 0 radical (unpaired) electrons. The lowest BCUT2D eigenvalue weighted by molar-refractivity contribution is -0.121. The molecule has 0 aliphatic rings. The van der Waals surface area contributed by atoms with Crippen molar-refractivity contribution < 1.29 is 9.32 Å². The molecular formula is C21H24N2O2. The van der Waals surface area contributed by atoms with Gasteiger partial charge in [-0.25, -0.2) is 0 Å². The number of hydrogen-bond donors (Lipinski definition) is 1. The number of nitrogens with one attached hydrogen (secondary N) is 1. The first-order valence-corrected chi connectivity index (χ1v) is 8.71. The van der Waals surface area contributed by atoms with Crippen LogP contribution in [0.3, 0.4) is 0 Å². The van der Waals surface area contributed by atoms with Gasteiger partial charge in [-0.3, -0.25) is 4.79 Å². The molecule has 4 heteroatoms. The minimum absolute atomic E-state index is 0.0416. The van der Waals surface area contributed by atoms with E-state index in [1.165, 1.54) is 5.56 Å². The molecule has 0 bridgehead atoms. The highest BCUT2D eigenvalue weighted by molar-refractivity contribution is 5.88. The van der Waals surface area contributed by atoms with E-state index in [2.05, 4.69) is 47.7 Å². The number of benzene rings is 2. The summed E-state index contributed by atoms with van der Waals surface area (Å²) < 4.78 is 5.42. The molecule has 1 amide bonds. The molecule has 2 aromatic carbocycles. The lowest BCUT2D eigenvalue weighted by Gasteiger charge is -2.14. The summed E-state index contributed by atoms with van der Waals surface area (Å²) in [5.74, 6) is -0.0542. The summed E-state index contributed by atoms with van der Waals surface area (Å²) in [6, 6.07) is 12.4. The average molecular weight is 336 g/mol. The second-order valence-electron chi connectivity index (χ2n) is 6.65. The maximum atomic E-state index is 12.4. The normalized spacial score (nSPS) is 12.3. The van der Waals surface area contributed by atoms with E-state index in [1.807, 2.05) is 26.8 Å². The fourth-order valence-electron chi connectivity index (χ4n) is 3.14. The minimum Gasteiger partial charge on any atom is -0.356 e. The van der Waals surface area contributed by atoms with E-state index in [-0.39, 0.29) is 18.4 Å². The van der Waals surface area contributed by atoms with E-state index in [4.69, 9.17) is 4.52 Å². The van der Waals surface area contributed by atoms with Gasteiger partial charge in [-0.1, -0.05) is 42.4 Å². The Bertz CT molecular complexity index is 894. The number of aromatic nitrogens is 1. The minimum atomic E-state index is -0.0542. The fraction of sp³-hybridized carbons (Fsp3) is 0.333. The van der Waals surface area contributed by atoms with Crippen molar-refractivity contribution in [2.24, 2.45) is 0 Å². The first-order valence-electron chi connectivity index (χ1n) is 8.71. The van der Waals surface area contributed by atoms with E-state index in [9.17, 15) is 4.79 Å². The van der Waals surface area contributed by atoms with Gasteiger partial charge in [0.25, 0.3) is 0 Å². The van der Waals surface area contributed by atoms with Gasteiger partial charge >= 0.3 is 0 Å². The largest absolute Gasteiger partial charge is 0.356 e. The SMILES string of the molecule is CCc1ccc(C(C)NC(=O)Cc2noc3c(C)cc(C)cc23)cc1. The van der Waals surface area contributed by atoms with Crippen LogP contribution in [0, 0.1) is 13.8 Å². The summed E-state index contributed by atoms with van der Waals surface area (Å²) in [6.45, 7) is 8.15. The maximum absolute atomic E-state index is 12.4.